The molecular formula is C23H18N4O2S. The van der Waals surface area contributed by atoms with Crippen LogP contribution in [-0.4, -0.2) is 30.5 Å². The molecule has 0 unspecified atom stereocenters. The Morgan fingerprint density at radius 1 is 1.13 bits per heavy atom. The third-order valence-electron chi connectivity index (χ3n) is 4.92. The number of fused-ring (bicyclic) bond motifs is 2. The van der Waals surface area contributed by atoms with E-state index < -0.39 is 0 Å². The van der Waals surface area contributed by atoms with Crippen molar-refractivity contribution in [3.63, 3.8) is 0 Å². The zero-order valence-corrected chi connectivity index (χ0v) is 17.0. The molecule has 0 fully saturated rings. The van der Waals surface area contributed by atoms with Gasteiger partial charge in [0.15, 0.2) is 6.61 Å². The maximum Gasteiger partial charge on any atom is 0.262 e. The second kappa shape index (κ2) is 7.61. The smallest absolute Gasteiger partial charge is 0.262 e. The number of hydrogen-bond donors (Lipinski definition) is 1. The fraction of sp³-hybridized carbons (Fsp3) is 0.0870. The summed E-state index contributed by atoms with van der Waals surface area (Å²) in [6.07, 6.45) is 1.86. The van der Waals surface area contributed by atoms with E-state index >= 15 is 0 Å². The molecule has 5 rings (SSSR count). The van der Waals surface area contributed by atoms with Crippen molar-refractivity contribution in [2.75, 3.05) is 19.0 Å². The van der Waals surface area contributed by atoms with Crippen LogP contribution in [0.4, 0.5) is 5.69 Å². The number of amides is 1. The van der Waals surface area contributed by atoms with Crippen LogP contribution in [0, 0.1) is 0 Å². The van der Waals surface area contributed by atoms with Gasteiger partial charge in [-0.3, -0.25) is 9.79 Å². The zero-order valence-electron chi connectivity index (χ0n) is 16.2. The Morgan fingerprint density at radius 2 is 2.00 bits per heavy atom. The van der Waals surface area contributed by atoms with E-state index in [-0.39, 0.29) is 12.5 Å². The van der Waals surface area contributed by atoms with Crippen molar-refractivity contribution < 1.29 is 9.53 Å². The van der Waals surface area contributed by atoms with Crippen molar-refractivity contribution in [1.82, 2.24) is 4.68 Å². The average molecular weight is 414 g/mol. The highest BCUT2D eigenvalue weighted by Gasteiger charge is 2.17. The number of nitrogens with one attached hydrogen (secondary N) is 1. The normalized spacial score (nSPS) is 14.0. The molecule has 0 spiro atoms. The van der Waals surface area contributed by atoms with Gasteiger partial charge in [-0.05, 0) is 29.0 Å². The molecule has 1 aromatic heterocycles. The van der Waals surface area contributed by atoms with Crippen molar-refractivity contribution in [2.24, 2.45) is 10.1 Å². The molecule has 7 heteroatoms. The summed E-state index contributed by atoms with van der Waals surface area (Å²) >= 11 is 1.51. The Kier molecular flexibility index (Phi) is 4.65. The highest BCUT2D eigenvalue weighted by atomic mass is 32.1. The molecule has 0 radical (unpaired) electrons. The van der Waals surface area contributed by atoms with Gasteiger partial charge in [-0.2, -0.15) is 5.10 Å². The van der Waals surface area contributed by atoms with Gasteiger partial charge in [-0.15, -0.1) is 11.3 Å². The Balaban J connectivity index is 1.59. The van der Waals surface area contributed by atoms with E-state index in [4.69, 9.17) is 9.84 Å². The minimum atomic E-state index is -0.156. The van der Waals surface area contributed by atoms with Gasteiger partial charge in [0.05, 0.1) is 17.6 Å². The number of anilines is 1. The van der Waals surface area contributed by atoms with Crippen molar-refractivity contribution in [3.8, 4) is 17.0 Å². The van der Waals surface area contributed by atoms with Crippen molar-refractivity contribution in [2.45, 2.75) is 0 Å². The molecule has 1 aliphatic heterocycles. The van der Waals surface area contributed by atoms with Crippen molar-refractivity contribution in [3.05, 3.63) is 76.4 Å². The zero-order chi connectivity index (χ0) is 20.5. The summed E-state index contributed by atoms with van der Waals surface area (Å²) in [5.74, 6) is 0.510. The van der Waals surface area contributed by atoms with E-state index in [1.54, 1.807) is 7.05 Å². The van der Waals surface area contributed by atoms with Crippen LogP contribution in [0.1, 0.15) is 5.56 Å². The van der Waals surface area contributed by atoms with Gasteiger partial charge in [0.2, 0.25) is 4.80 Å². The molecule has 0 aliphatic carbocycles. The first-order valence-corrected chi connectivity index (χ1v) is 10.3. The van der Waals surface area contributed by atoms with Crippen LogP contribution < -0.4 is 14.9 Å². The molecule has 0 atom stereocenters. The standard InChI is InChI=1S/C23H18N4O2S/c1-24-23-27(25-12-17-7-4-6-15-5-2-3-8-18(15)17)20(14-30-23)16-9-10-21-19(11-16)26-22(28)13-29-21/h2-12,14H,13H2,1H3,(H,26,28). The first-order valence-electron chi connectivity index (χ1n) is 9.45. The topological polar surface area (TPSA) is 68.0 Å². The molecule has 1 amide bonds. The van der Waals surface area contributed by atoms with Gasteiger partial charge < -0.3 is 10.1 Å². The molecule has 1 N–H and O–H groups in total. The first kappa shape index (κ1) is 18.3. The van der Waals surface area contributed by atoms with Crippen LogP contribution in [-0.2, 0) is 4.79 Å². The molecular weight excluding hydrogens is 396 g/mol. The molecule has 1 aliphatic rings. The molecule has 30 heavy (non-hydrogen) atoms. The third-order valence-corrected chi connectivity index (χ3v) is 5.83. The van der Waals surface area contributed by atoms with E-state index in [1.165, 1.54) is 16.7 Å². The fourth-order valence-electron chi connectivity index (χ4n) is 3.49. The SMILES string of the molecule is CN=c1scc(-c2ccc3c(c2)NC(=O)CO3)n1N=Cc1cccc2ccccc12. The van der Waals surface area contributed by atoms with Crippen LogP contribution in [0.15, 0.2) is 76.1 Å². The predicted octanol–water partition coefficient (Wildman–Crippen LogP) is 4.11. The summed E-state index contributed by atoms with van der Waals surface area (Å²) in [6.45, 7) is 0.0407. The monoisotopic (exact) mass is 414 g/mol. The number of benzene rings is 3. The van der Waals surface area contributed by atoms with Crippen molar-refractivity contribution >= 4 is 39.9 Å². The molecule has 2 heterocycles. The summed E-state index contributed by atoms with van der Waals surface area (Å²) in [7, 11) is 1.75. The number of thiazole rings is 1. The van der Waals surface area contributed by atoms with Crippen LogP contribution >= 0.6 is 11.3 Å². The number of aromatic nitrogens is 1. The minimum Gasteiger partial charge on any atom is -0.482 e. The number of carbonyl (C=O) groups excluding carboxylic acids is 1. The van der Waals surface area contributed by atoms with E-state index in [1.807, 2.05) is 58.7 Å². The quantitative estimate of drug-likeness (QED) is 0.513. The Hall–Kier alpha value is -3.71. The number of carbonyl (C=O) groups is 1. The number of nitrogens with zero attached hydrogens (tertiary/aromatic N) is 3. The summed E-state index contributed by atoms with van der Waals surface area (Å²) in [4.78, 5) is 16.8. The molecule has 6 nitrogen and oxygen atoms in total. The van der Waals surface area contributed by atoms with E-state index in [9.17, 15) is 4.79 Å². The summed E-state index contributed by atoms with van der Waals surface area (Å²) in [5, 5.41) is 11.9. The summed E-state index contributed by atoms with van der Waals surface area (Å²) in [5.41, 5.74) is 3.50. The maximum atomic E-state index is 11.7. The maximum absolute atomic E-state index is 11.7. The number of ether oxygens (including phenoxy) is 1. The fourth-order valence-corrected chi connectivity index (χ4v) is 4.29. The number of hydrogen-bond acceptors (Lipinski definition) is 5. The summed E-state index contributed by atoms with van der Waals surface area (Å²) in [6, 6.07) is 20.1. The van der Waals surface area contributed by atoms with E-state index in [0.29, 0.717) is 11.4 Å². The lowest BCUT2D eigenvalue weighted by Crippen LogP contribution is -2.25. The van der Waals surface area contributed by atoms with Crippen LogP contribution in [0.25, 0.3) is 22.0 Å². The summed E-state index contributed by atoms with van der Waals surface area (Å²) < 4.78 is 7.28. The van der Waals surface area contributed by atoms with Crippen LogP contribution in [0.3, 0.4) is 0 Å². The lowest BCUT2D eigenvalue weighted by Gasteiger charge is -2.18. The van der Waals surface area contributed by atoms with Gasteiger partial charge in [0.1, 0.15) is 5.75 Å². The van der Waals surface area contributed by atoms with Gasteiger partial charge in [-0.1, -0.05) is 42.5 Å². The highest BCUT2D eigenvalue weighted by Crippen LogP contribution is 2.32. The second-order valence-corrected chi connectivity index (χ2v) is 7.64. The predicted molar refractivity (Wildman–Crippen MR) is 120 cm³/mol. The average Bonchev–Trinajstić information content (AvgIpc) is 3.20. The first-order chi connectivity index (χ1) is 14.7. The Labute approximate surface area is 176 Å². The Morgan fingerprint density at radius 3 is 2.90 bits per heavy atom. The lowest BCUT2D eigenvalue weighted by molar-refractivity contribution is -0.118. The lowest BCUT2D eigenvalue weighted by atomic mass is 10.1. The Bertz CT molecular complexity index is 1360. The third kappa shape index (κ3) is 3.29. The second-order valence-electron chi connectivity index (χ2n) is 6.80. The van der Waals surface area contributed by atoms with Gasteiger partial charge in [-0.25, -0.2) is 4.68 Å². The van der Waals surface area contributed by atoms with Crippen LogP contribution in [0.5, 0.6) is 5.75 Å². The highest BCUT2D eigenvalue weighted by molar-refractivity contribution is 7.07. The molecule has 0 saturated heterocycles. The van der Waals surface area contributed by atoms with Crippen LogP contribution in [0.2, 0.25) is 0 Å². The van der Waals surface area contributed by atoms with Crippen molar-refractivity contribution in [1.29, 1.82) is 0 Å². The minimum absolute atomic E-state index is 0.0407. The largest absolute Gasteiger partial charge is 0.482 e. The molecule has 4 aromatic rings. The molecule has 0 bridgehead atoms. The van der Waals surface area contributed by atoms with Gasteiger partial charge in [0, 0.05) is 23.6 Å². The number of rotatable bonds is 3. The van der Waals surface area contributed by atoms with Gasteiger partial charge >= 0.3 is 0 Å². The van der Waals surface area contributed by atoms with E-state index in [0.717, 1.165) is 27.0 Å². The van der Waals surface area contributed by atoms with E-state index in [2.05, 4.69) is 28.5 Å². The van der Waals surface area contributed by atoms with Gasteiger partial charge in [0.25, 0.3) is 5.91 Å². The molecule has 148 valence electrons. The molecule has 3 aromatic carbocycles. The molecule has 0 saturated carbocycles.